The van der Waals surface area contributed by atoms with E-state index in [2.05, 4.69) is 27.7 Å². The van der Waals surface area contributed by atoms with Crippen molar-refractivity contribution in [2.24, 2.45) is 23.0 Å². The summed E-state index contributed by atoms with van der Waals surface area (Å²) in [6.07, 6.45) is 1.74. The quantitative estimate of drug-likeness (QED) is 0.778. The van der Waals surface area contributed by atoms with E-state index in [0.29, 0.717) is 24.3 Å². The first-order chi connectivity index (χ1) is 7.35. The van der Waals surface area contributed by atoms with Gasteiger partial charge < -0.3 is 10.6 Å². The highest BCUT2D eigenvalue weighted by atomic mass is 16.2. The molecule has 1 unspecified atom stereocenters. The average molecular weight is 226 g/mol. The number of nitrogens with two attached hydrogens (primary N) is 1. The van der Waals surface area contributed by atoms with Gasteiger partial charge in [-0.2, -0.15) is 0 Å². The predicted molar refractivity (Wildman–Crippen MR) is 67.0 cm³/mol. The van der Waals surface area contributed by atoms with Gasteiger partial charge in [0.1, 0.15) is 0 Å². The van der Waals surface area contributed by atoms with E-state index < -0.39 is 0 Å². The van der Waals surface area contributed by atoms with Crippen molar-refractivity contribution in [1.82, 2.24) is 4.90 Å². The Hall–Kier alpha value is -0.570. The Morgan fingerprint density at radius 3 is 2.56 bits per heavy atom. The minimum absolute atomic E-state index is 0.149. The van der Waals surface area contributed by atoms with E-state index in [0.717, 1.165) is 25.9 Å². The number of amides is 1. The summed E-state index contributed by atoms with van der Waals surface area (Å²) in [6, 6.07) is 0. The van der Waals surface area contributed by atoms with E-state index in [1.54, 1.807) is 0 Å². The van der Waals surface area contributed by atoms with Crippen LogP contribution in [0.25, 0.3) is 0 Å². The summed E-state index contributed by atoms with van der Waals surface area (Å²) in [5.41, 5.74) is 5.85. The first-order valence-corrected chi connectivity index (χ1v) is 6.33. The predicted octanol–water partition coefficient (Wildman–Crippen LogP) is 1.87. The molecule has 0 aromatic heterocycles. The van der Waals surface area contributed by atoms with E-state index in [9.17, 15) is 4.79 Å². The zero-order valence-corrected chi connectivity index (χ0v) is 11.1. The zero-order valence-electron chi connectivity index (χ0n) is 11.1. The van der Waals surface area contributed by atoms with Gasteiger partial charge in [-0.05, 0) is 30.2 Å². The molecule has 2 N–H and O–H groups in total. The molecule has 0 radical (unpaired) electrons. The van der Waals surface area contributed by atoms with E-state index in [-0.39, 0.29) is 5.41 Å². The summed E-state index contributed by atoms with van der Waals surface area (Å²) in [5, 5.41) is 0. The second-order valence-electron chi connectivity index (χ2n) is 6.17. The molecule has 0 aliphatic carbocycles. The van der Waals surface area contributed by atoms with Gasteiger partial charge in [0.25, 0.3) is 0 Å². The molecule has 0 aromatic carbocycles. The number of rotatable bonds is 5. The molecule has 3 heteroatoms. The Bertz CT molecular complexity index is 248. The van der Waals surface area contributed by atoms with Crippen molar-refractivity contribution < 1.29 is 4.79 Å². The average Bonchev–Trinajstić information content (AvgIpc) is 2.57. The molecule has 1 rings (SSSR count). The molecule has 1 saturated heterocycles. The second kappa shape index (κ2) is 5.17. The highest BCUT2D eigenvalue weighted by molar-refractivity contribution is 5.78. The molecule has 1 amide bonds. The van der Waals surface area contributed by atoms with Crippen molar-refractivity contribution >= 4 is 5.91 Å². The molecule has 1 aliphatic rings. The van der Waals surface area contributed by atoms with Gasteiger partial charge >= 0.3 is 0 Å². The lowest BCUT2D eigenvalue weighted by atomic mass is 9.89. The lowest BCUT2D eigenvalue weighted by molar-refractivity contribution is -0.128. The van der Waals surface area contributed by atoms with Crippen LogP contribution in [0.3, 0.4) is 0 Å². The van der Waals surface area contributed by atoms with Crippen LogP contribution in [0.15, 0.2) is 0 Å². The smallest absolute Gasteiger partial charge is 0.222 e. The fourth-order valence-corrected chi connectivity index (χ4v) is 2.01. The van der Waals surface area contributed by atoms with E-state index >= 15 is 0 Å². The SMILES string of the molecule is CC(C)C1CC(=O)N(CCC(C)(C)CN)C1. The van der Waals surface area contributed by atoms with Crippen LogP contribution in [0, 0.1) is 17.3 Å². The Balaban J connectivity index is 2.42. The van der Waals surface area contributed by atoms with Crippen LogP contribution in [-0.4, -0.2) is 30.4 Å². The van der Waals surface area contributed by atoms with Crippen molar-refractivity contribution in [1.29, 1.82) is 0 Å². The van der Waals surface area contributed by atoms with Gasteiger partial charge in [0, 0.05) is 19.5 Å². The summed E-state index contributed by atoms with van der Waals surface area (Å²) in [7, 11) is 0. The minimum atomic E-state index is 0.149. The largest absolute Gasteiger partial charge is 0.342 e. The Kier molecular flexibility index (Phi) is 4.36. The third-order valence-corrected chi connectivity index (χ3v) is 3.80. The molecule has 3 nitrogen and oxygen atoms in total. The molecular weight excluding hydrogens is 200 g/mol. The van der Waals surface area contributed by atoms with E-state index in [4.69, 9.17) is 5.73 Å². The highest BCUT2D eigenvalue weighted by Crippen LogP contribution is 2.26. The van der Waals surface area contributed by atoms with Gasteiger partial charge in [0.15, 0.2) is 0 Å². The Morgan fingerprint density at radius 1 is 1.50 bits per heavy atom. The molecule has 16 heavy (non-hydrogen) atoms. The van der Waals surface area contributed by atoms with Crippen LogP contribution in [0.2, 0.25) is 0 Å². The van der Waals surface area contributed by atoms with Crippen molar-refractivity contribution in [3.8, 4) is 0 Å². The topological polar surface area (TPSA) is 46.3 Å². The summed E-state index contributed by atoms with van der Waals surface area (Å²) >= 11 is 0. The summed E-state index contributed by atoms with van der Waals surface area (Å²) in [6.45, 7) is 11.2. The molecule has 0 bridgehead atoms. The number of carbonyl (C=O) groups excluding carboxylic acids is 1. The zero-order chi connectivity index (χ0) is 12.3. The van der Waals surface area contributed by atoms with Crippen LogP contribution in [0.4, 0.5) is 0 Å². The van der Waals surface area contributed by atoms with Crippen LogP contribution in [0.1, 0.15) is 40.5 Å². The van der Waals surface area contributed by atoms with Crippen molar-refractivity contribution in [2.45, 2.75) is 40.5 Å². The van der Waals surface area contributed by atoms with Gasteiger partial charge in [0.05, 0.1) is 0 Å². The lowest BCUT2D eigenvalue weighted by Crippen LogP contribution is -2.33. The maximum absolute atomic E-state index is 11.8. The fourth-order valence-electron chi connectivity index (χ4n) is 2.01. The van der Waals surface area contributed by atoms with Crippen LogP contribution >= 0.6 is 0 Å². The second-order valence-corrected chi connectivity index (χ2v) is 6.17. The monoisotopic (exact) mass is 226 g/mol. The van der Waals surface area contributed by atoms with Crippen LogP contribution in [-0.2, 0) is 4.79 Å². The first-order valence-electron chi connectivity index (χ1n) is 6.33. The Labute approximate surface area is 99.4 Å². The molecule has 0 aromatic rings. The molecule has 0 spiro atoms. The third-order valence-electron chi connectivity index (χ3n) is 3.80. The Morgan fingerprint density at radius 2 is 2.12 bits per heavy atom. The summed E-state index contributed by atoms with van der Waals surface area (Å²) in [4.78, 5) is 13.8. The molecule has 1 atom stereocenters. The van der Waals surface area contributed by atoms with Gasteiger partial charge in [-0.25, -0.2) is 0 Å². The maximum atomic E-state index is 11.8. The minimum Gasteiger partial charge on any atom is -0.342 e. The van der Waals surface area contributed by atoms with Gasteiger partial charge in [-0.3, -0.25) is 4.79 Å². The molecule has 1 heterocycles. The summed E-state index contributed by atoms with van der Waals surface area (Å²) < 4.78 is 0. The van der Waals surface area contributed by atoms with Gasteiger partial charge in [-0.15, -0.1) is 0 Å². The normalized spacial score (nSPS) is 22.2. The van der Waals surface area contributed by atoms with Gasteiger partial charge in [-0.1, -0.05) is 27.7 Å². The molecule has 94 valence electrons. The number of nitrogens with zero attached hydrogens (tertiary/aromatic N) is 1. The van der Waals surface area contributed by atoms with Crippen molar-refractivity contribution in [3.63, 3.8) is 0 Å². The third kappa shape index (κ3) is 3.48. The van der Waals surface area contributed by atoms with Crippen molar-refractivity contribution in [2.75, 3.05) is 19.6 Å². The number of likely N-dealkylation sites (tertiary alicyclic amines) is 1. The maximum Gasteiger partial charge on any atom is 0.222 e. The van der Waals surface area contributed by atoms with Crippen LogP contribution in [0.5, 0.6) is 0 Å². The van der Waals surface area contributed by atoms with Gasteiger partial charge in [0.2, 0.25) is 5.91 Å². The van der Waals surface area contributed by atoms with E-state index in [1.807, 2.05) is 4.90 Å². The molecule has 1 aliphatic heterocycles. The molecule has 0 saturated carbocycles. The van der Waals surface area contributed by atoms with E-state index in [1.165, 1.54) is 0 Å². The fraction of sp³-hybridized carbons (Fsp3) is 0.923. The molecule has 1 fully saturated rings. The number of hydrogen-bond donors (Lipinski definition) is 1. The number of hydrogen-bond acceptors (Lipinski definition) is 2. The lowest BCUT2D eigenvalue weighted by Gasteiger charge is -2.26. The first kappa shape index (κ1) is 13.5. The highest BCUT2D eigenvalue weighted by Gasteiger charge is 2.31. The van der Waals surface area contributed by atoms with Crippen LogP contribution < -0.4 is 5.73 Å². The van der Waals surface area contributed by atoms with Crippen molar-refractivity contribution in [3.05, 3.63) is 0 Å². The summed E-state index contributed by atoms with van der Waals surface area (Å²) in [5.74, 6) is 1.48. The number of carbonyl (C=O) groups is 1. The standard InChI is InChI=1S/C13H26N2O/c1-10(2)11-7-12(16)15(8-11)6-5-13(3,4)9-14/h10-11H,5-9,14H2,1-4H3. The molecular formula is C13H26N2O.